The van der Waals surface area contributed by atoms with Gasteiger partial charge in [0.05, 0.1) is 8.48 Å². The molecule has 0 bridgehead atoms. The van der Waals surface area contributed by atoms with Crippen molar-refractivity contribution >= 4 is 52.0 Å². The Balaban J connectivity index is 1.38. The molecule has 0 spiro atoms. The highest BCUT2D eigenvalue weighted by Gasteiger charge is 2.27. The number of aryl methyl sites for hydroxylation is 2. The lowest BCUT2D eigenvalue weighted by Crippen LogP contribution is -2.30. The molecule has 0 radical (unpaired) electrons. The summed E-state index contributed by atoms with van der Waals surface area (Å²) in [4.78, 5) is 13.1. The second kappa shape index (κ2) is 10.4. The van der Waals surface area contributed by atoms with Crippen LogP contribution in [0.15, 0.2) is 71.6 Å². The minimum atomic E-state index is -0.183. The van der Waals surface area contributed by atoms with Crippen molar-refractivity contribution in [3.63, 3.8) is 0 Å². The van der Waals surface area contributed by atoms with Crippen LogP contribution in [0.3, 0.4) is 0 Å². The first-order chi connectivity index (χ1) is 15.5. The van der Waals surface area contributed by atoms with Gasteiger partial charge in [-0.25, -0.2) is 0 Å². The Bertz CT molecular complexity index is 1130. The van der Waals surface area contributed by atoms with E-state index in [1.165, 1.54) is 22.9 Å². The lowest BCUT2D eigenvalue weighted by atomic mass is 10.1. The maximum Gasteiger partial charge on any atom is 0.260 e. The zero-order chi connectivity index (χ0) is 22.5. The molecule has 0 aliphatic carbocycles. The van der Waals surface area contributed by atoms with Crippen molar-refractivity contribution < 1.29 is 9.53 Å². The average Bonchev–Trinajstić information content (AvgIpc) is 3.13. The van der Waals surface area contributed by atoms with Crippen LogP contribution in [0.5, 0.6) is 5.75 Å². The van der Waals surface area contributed by atoms with Crippen LogP contribution < -0.4 is 15.4 Å². The number of nitrogens with one attached hydrogen (secondary N) is 2. The first-order valence-corrected chi connectivity index (χ1v) is 12.5. The quantitative estimate of drug-likeness (QED) is 0.264. The van der Waals surface area contributed by atoms with E-state index >= 15 is 0 Å². The van der Waals surface area contributed by atoms with Crippen LogP contribution in [0.25, 0.3) is 6.08 Å². The van der Waals surface area contributed by atoms with Gasteiger partial charge in [-0.15, -0.1) is 0 Å². The molecule has 3 aromatic rings. The van der Waals surface area contributed by atoms with E-state index in [-0.39, 0.29) is 11.4 Å². The summed E-state index contributed by atoms with van der Waals surface area (Å²) in [7, 11) is 0. The van der Waals surface area contributed by atoms with Gasteiger partial charge in [0.15, 0.2) is 5.50 Å². The van der Waals surface area contributed by atoms with Gasteiger partial charge < -0.3 is 15.4 Å². The zero-order valence-electron chi connectivity index (χ0n) is 18.0. The minimum absolute atomic E-state index is 0.0626. The fourth-order valence-corrected chi connectivity index (χ4v) is 4.95. The summed E-state index contributed by atoms with van der Waals surface area (Å²) in [6, 6.07) is 22.6. The third-order valence-corrected chi connectivity index (χ3v) is 7.03. The zero-order valence-corrected chi connectivity index (χ0v) is 21.0. The molecular weight excluding hydrogens is 531 g/mol. The van der Waals surface area contributed by atoms with Crippen LogP contribution in [0.2, 0.25) is 0 Å². The third-order valence-electron chi connectivity index (χ3n) is 5.16. The van der Waals surface area contributed by atoms with E-state index in [9.17, 15) is 4.79 Å². The maximum atomic E-state index is 12.4. The Morgan fingerprint density at radius 1 is 1.06 bits per heavy atom. The molecule has 6 heteroatoms. The van der Waals surface area contributed by atoms with Crippen LogP contribution >= 0.6 is 34.4 Å². The number of ether oxygens (including phenoxy) is 1. The molecule has 164 valence electrons. The number of carbonyl (C=O) groups excluding carboxylic acids is 1. The van der Waals surface area contributed by atoms with Gasteiger partial charge >= 0.3 is 0 Å². The number of thioether (sulfide) groups is 1. The monoisotopic (exact) mass is 556 g/mol. The summed E-state index contributed by atoms with van der Waals surface area (Å²) in [5.41, 5.74) is 5.45. The fourth-order valence-electron chi connectivity index (χ4n) is 3.27. The summed E-state index contributed by atoms with van der Waals surface area (Å²) in [5, 5.41) is 6.35. The molecule has 3 aromatic carbocycles. The van der Waals surface area contributed by atoms with E-state index in [0.717, 1.165) is 32.6 Å². The van der Waals surface area contributed by atoms with E-state index in [2.05, 4.69) is 83.5 Å². The predicted molar refractivity (Wildman–Crippen MR) is 142 cm³/mol. The first-order valence-electron chi connectivity index (χ1n) is 10.5. The highest BCUT2D eigenvalue weighted by Crippen LogP contribution is 2.31. The van der Waals surface area contributed by atoms with Crippen molar-refractivity contribution in [2.75, 3.05) is 5.32 Å². The molecule has 1 fully saturated rings. The number of hydrogen-bond donors (Lipinski definition) is 2. The van der Waals surface area contributed by atoms with E-state index in [1.807, 2.05) is 36.4 Å². The van der Waals surface area contributed by atoms with Crippen molar-refractivity contribution in [3.05, 3.63) is 97.5 Å². The molecule has 2 N–H and O–H groups in total. The van der Waals surface area contributed by atoms with Crippen LogP contribution in [0.1, 0.15) is 29.2 Å². The summed E-state index contributed by atoms with van der Waals surface area (Å²) in [5.74, 6) is 0.777. The van der Waals surface area contributed by atoms with Gasteiger partial charge in [-0.3, -0.25) is 4.79 Å². The molecular formula is C26H25IN2O2S. The normalized spacial score (nSPS) is 16.8. The third kappa shape index (κ3) is 5.86. The Hall–Kier alpha value is -2.45. The van der Waals surface area contributed by atoms with Crippen LogP contribution in [0, 0.1) is 10.5 Å². The standard InChI is InChI=1S/C26H25IN2O2S/c1-3-18-8-11-21(12-9-18)28-26-29-25(30)24(32-26)15-20-10-13-23(22(27)14-20)31-16-19-6-4-17(2)5-7-19/h4-15,26,28H,3,16H2,1-2H3,(H,29,30)/b24-15-/t26-/m0/s1. The molecule has 32 heavy (non-hydrogen) atoms. The van der Waals surface area contributed by atoms with Gasteiger partial charge in [-0.05, 0) is 83.0 Å². The smallest absolute Gasteiger partial charge is 0.260 e. The van der Waals surface area contributed by atoms with Crippen LogP contribution in [-0.4, -0.2) is 11.4 Å². The Kier molecular flexibility index (Phi) is 7.42. The molecule has 0 aromatic heterocycles. The molecule has 1 aliphatic heterocycles. The summed E-state index contributed by atoms with van der Waals surface area (Å²) in [6.07, 6.45) is 2.93. The van der Waals surface area contributed by atoms with E-state index in [4.69, 9.17) is 4.74 Å². The Morgan fingerprint density at radius 2 is 1.78 bits per heavy atom. The lowest BCUT2D eigenvalue weighted by molar-refractivity contribution is -0.116. The molecule has 1 saturated heterocycles. The van der Waals surface area contributed by atoms with Crippen molar-refractivity contribution in [1.82, 2.24) is 5.32 Å². The van der Waals surface area contributed by atoms with Gasteiger partial charge in [-0.2, -0.15) is 0 Å². The Labute approximate surface area is 207 Å². The largest absolute Gasteiger partial charge is 0.488 e. The molecule has 1 amide bonds. The molecule has 4 nitrogen and oxygen atoms in total. The first kappa shape index (κ1) is 22.7. The second-order valence-corrected chi connectivity index (χ2v) is 9.95. The predicted octanol–water partition coefficient (Wildman–Crippen LogP) is 6.34. The molecule has 0 unspecified atom stereocenters. The molecule has 1 atom stereocenters. The number of rotatable bonds is 7. The molecule has 1 aliphatic rings. The fraction of sp³-hybridized carbons (Fsp3) is 0.192. The van der Waals surface area contributed by atoms with Crippen LogP contribution in [0.4, 0.5) is 5.69 Å². The maximum absolute atomic E-state index is 12.4. The van der Waals surface area contributed by atoms with Crippen molar-refractivity contribution in [1.29, 1.82) is 0 Å². The number of halogens is 1. The second-order valence-electron chi connectivity index (χ2n) is 7.64. The van der Waals surface area contributed by atoms with E-state index in [1.54, 1.807) is 0 Å². The van der Waals surface area contributed by atoms with E-state index < -0.39 is 0 Å². The highest BCUT2D eigenvalue weighted by atomic mass is 127. The molecule has 4 rings (SSSR count). The number of amides is 1. The Morgan fingerprint density at radius 3 is 2.47 bits per heavy atom. The van der Waals surface area contributed by atoms with Crippen LogP contribution in [-0.2, 0) is 17.8 Å². The van der Waals surface area contributed by atoms with Gasteiger partial charge in [0.2, 0.25) is 0 Å². The van der Waals surface area contributed by atoms with Gasteiger partial charge in [0.25, 0.3) is 5.91 Å². The minimum Gasteiger partial charge on any atom is -0.488 e. The summed E-state index contributed by atoms with van der Waals surface area (Å²) < 4.78 is 7.00. The summed E-state index contributed by atoms with van der Waals surface area (Å²) in [6.45, 7) is 4.74. The number of benzene rings is 3. The van der Waals surface area contributed by atoms with Crippen molar-refractivity contribution in [2.45, 2.75) is 32.4 Å². The van der Waals surface area contributed by atoms with Gasteiger partial charge in [-0.1, -0.05) is 66.7 Å². The highest BCUT2D eigenvalue weighted by molar-refractivity contribution is 14.1. The number of hydrogen-bond acceptors (Lipinski definition) is 4. The molecule has 0 saturated carbocycles. The lowest BCUT2D eigenvalue weighted by Gasteiger charge is -2.12. The van der Waals surface area contributed by atoms with Gasteiger partial charge in [0.1, 0.15) is 12.4 Å². The van der Waals surface area contributed by atoms with Gasteiger partial charge in [0, 0.05) is 5.69 Å². The van der Waals surface area contributed by atoms with E-state index in [0.29, 0.717) is 11.5 Å². The van der Waals surface area contributed by atoms with Crippen molar-refractivity contribution in [2.24, 2.45) is 0 Å². The van der Waals surface area contributed by atoms with Crippen molar-refractivity contribution in [3.8, 4) is 5.75 Å². The topological polar surface area (TPSA) is 50.4 Å². The number of carbonyl (C=O) groups is 1. The SMILES string of the molecule is CCc1ccc(N[C@H]2NC(=O)/C(=C/c3ccc(OCc4ccc(C)cc4)c(I)c3)S2)cc1. The number of anilines is 1. The molecule has 1 heterocycles. The summed E-state index contributed by atoms with van der Waals surface area (Å²) >= 11 is 3.77. The average molecular weight is 556 g/mol.